The smallest absolute Gasteiger partial charge is 0.122 e. The molecule has 0 aliphatic heterocycles. The molecule has 0 amide bonds. The highest BCUT2D eigenvalue weighted by atomic mass is 35.5. The summed E-state index contributed by atoms with van der Waals surface area (Å²) in [5.74, 6) is 0.949. The van der Waals surface area contributed by atoms with Gasteiger partial charge in [-0.15, -0.1) is 0 Å². The van der Waals surface area contributed by atoms with E-state index in [4.69, 9.17) is 16.3 Å². The molecule has 0 aliphatic rings. The van der Waals surface area contributed by atoms with Gasteiger partial charge in [0.2, 0.25) is 0 Å². The van der Waals surface area contributed by atoms with Gasteiger partial charge in [-0.25, -0.2) is 0 Å². The Balaban J connectivity index is 1.97. The van der Waals surface area contributed by atoms with E-state index in [1.54, 1.807) is 7.11 Å². The van der Waals surface area contributed by atoms with Gasteiger partial charge < -0.3 is 10.1 Å². The minimum absolute atomic E-state index is 0.284. The second-order valence-electron chi connectivity index (χ2n) is 5.36. The van der Waals surface area contributed by atoms with Gasteiger partial charge in [-0.2, -0.15) is 0 Å². The highest BCUT2D eigenvalue weighted by Gasteiger charge is 2.12. The summed E-state index contributed by atoms with van der Waals surface area (Å²) in [4.78, 5) is 0. The molecule has 0 aromatic heterocycles. The second-order valence-corrected chi connectivity index (χ2v) is 5.79. The normalized spacial score (nSPS) is 13.7. The van der Waals surface area contributed by atoms with E-state index in [1.807, 2.05) is 30.3 Å². The summed E-state index contributed by atoms with van der Waals surface area (Å²) in [6.45, 7) is 4.36. The van der Waals surface area contributed by atoms with Crippen molar-refractivity contribution in [1.29, 1.82) is 0 Å². The Morgan fingerprint density at radius 3 is 2.38 bits per heavy atom. The van der Waals surface area contributed by atoms with E-state index in [1.165, 1.54) is 11.1 Å². The van der Waals surface area contributed by atoms with Crippen LogP contribution in [0.15, 0.2) is 48.5 Å². The number of halogens is 1. The summed E-state index contributed by atoms with van der Waals surface area (Å²) in [7, 11) is 1.72. The third kappa shape index (κ3) is 4.48. The van der Waals surface area contributed by atoms with E-state index in [0.29, 0.717) is 6.04 Å². The molecule has 1 N–H and O–H groups in total. The topological polar surface area (TPSA) is 21.3 Å². The van der Waals surface area contributed by atoms with Gasteiger partial charge in [0.1, 0.15) is 5.75 Å². The molecule has 0 radical (unpaired) electrons. The van der Waals surface area contributed by atoms with E-state index >= 15 is 0 Å². The number of hydrogen-bond acceptors (Lipinski definition) is 2. The molecule has 3 heteroatoms. The Kier molecular flexibility index (Phi) is 5.66. The van der Waals surface area contributed by atoms with Gasteiger partial charge in [-0.1, -0.05) is 41.9 Å². The van der Waals surface area contributed by atoms with Crippen LogP contribution in [0.5, 0.6) is 5.75 Å². The van der Waals surface area contributed by atoms with Crippen LogP contribution in [0.2, 0.25) is 5.02 Å². The molecule has 0 spiro atoms. The van der Waals surface area contributed by atoms with E-state index in [2.05, 4.69) is 37.4 Å². The average molecular weight is 304 g/mol. The van der Waals surface area contributed by atoms with Gasteiger partial charge in [0.05, 0.1) is 7.11 Å². The summed E-state index contributed by atoms with van der Waals surface area (Å²) in [5, 5.41) is 4.39. The van der Waals surface area contributed by atoms with Gasteiger partial charge in [0.25, 0.3) is 0 Å². The number of hydrogen-bond donors (Lipinski definition) is 1. The number of para-hydroxylation sites is 1. The quantitative estimate of drug-likeness (QED) is 0.840. The van der Waals surface area contributed by atoms with Crippen molar-refractivity contribution < 1.29 is 4.74 Å². The molecule has 1 unspecified atom stereocenters. The van der Waals surface area contributed by atoms with E-state index in [0.717, 1.165) is 17.2 Å². The zero-order valence-corrected chi connectivity index (χ0v) is 13.5. The predicted octanol–water partition coefficient (Wildman–Crippen LogP) is 4.63. The summed E-state index contributed by atoms with van der Waals surface area (Å²) in [5.41, 5.74) is 2.47. The van der Waals surface area contributed by atoms with Crippen molar-refractivity contribution in [3.8, 4) is 5.75 Å². The first kappa shape index (κ1) is 15.9. The molecule has 0 heterocycles. The van der Waals surface area contributed by atoms with E-state index in [9.17, 15) is 0 Å². The zero-order chi connectivity index (χ0) is 15.2. The molecule has 2 nitrogen and oxygen atoms in total. The zero-order valence-electron chi connectivity index (χ0n) is 12.8. The maximum Gasteiger partial charge on any atom is 0.122 e. The van der Waals surface area contributed by atoms with Crippen molar-refractivity contribution in [3.63, 3.8) is 0 Å². The highest BCUT2D eigenvalue weighted by molar-refractivity contribution is 6.30. The van der Waals surface area contributed by atoms with Crippen LogP contribution in [-0.4, -0.2) is 13.2 Å². The maximum atomic E-state index is 5.93. The lowest BCUT2D eigenvalue weighted by Crippen LogP contribution is -2.30. The molecule has 2 rings (SSSR count). The van der Waals surface area contributed by atoms with Crippen LogP contribution in [0.1, 0.15) is 31.0 Å². The van der Waals surface area contributed by atoms with Crippen molar-refractivity contribution in [3.05, 3.63) is 64.7 Å². The molecular weight excluding hydrogens is 282 g/mol. The molecule has 112 valence electrons. The number of benzene rings is 2. The molecule has 2 atom stereocenters. The SMILES string of the molecule is COc1ccccc1CC(C)N[C@@H](C)c1ccc(Cl)cc1. The number of ether oxygens (including phenoxy) is 1. The third-order valence-corrected chi connectivity index (χ3v) is 3.88. The highest BCUT2D eigenvalue weighted by Crippen LogP contribution is 2.21. The maximum absolute atomic E-state index is 5.93. The van der Waals surface area contributed by atoms with E-state index < -0.39 is 0 Å². The standard InChI is InChI=1S/C18H22ClNO/c1-13(12-16-6-4-5-7-18(16)21-3)20-14(2)15-8-10-17(19)11-9-15/h4-11,13-14,20H,12H2,1-3H3/t13?,14-/m0/s1. The summed E-state index contributed by atoms with van der Waals surface area (Å²) >= 11 is 5.93. The lowest BCUT2D eigenvalue weighted by atomic mass is 10.0. The van der Waals surface area contributed by atoms with Gasteiger partial charge >= 0.3 is 0 Å². The first-order valence-electron chi connectivity index (χ1n) is 7.23. The Labute approximate surface area is 132 Å². The first-order valence-corrected chi connectivity index (χ1v) is 7.61. The average Bonchev–Trinajstić information content (AvgIpc) is 2.48. The molecule has 2 aromatic carbocycles. The van der Waals surface area contributed by atoms with Crippen LogP contribution < -0.4 is 10.1 Å². The molecule has 2 aromatic rings. The number of methoxy groups -OCH3 is 1. The fourth-order valence-corrected chi connectivity index (χ4v) is 2.66. The predicted molar refractivity (Wildman–Crippen MR) is 89.2 cm³/mol. The lowest BCUT2D eigenvalue weighted by molar-refractivity contribution is 0.403. The monoisotopic (exact) mass is 303 g/mol. The van der Waals surface area contributed by atoms with Crippen LogP contribution >= 0.6 is 11.6 Å². The number of rotatable bonds is 6. The van der Waals surface area contributed by atoms with Crippen molar-refractivity contribution in [2.75, 3.05) is 7.11 Å². The number of nitrogens with one attached hydrogen (secondary N) is 1. The van der Waals surface area contributed by atoms with Crippen LogP contribution in [0.25, 0.3) is 0 Å². The van der Waals surface area contributed by atoms with Crippen LogP contribution in [0.3, 0.4) is 0 Å². The molecule has 0 fully saturated rings. The minimum Gasteiger partial charge on any atom is -0.496 e. The molecule has 0 bridgehead atoms. The fourth-order valence-electron chi connectivity index (χ4n) is 2.53. The van der Waals surface area contributed by atoms with Crippen molar-refractivity contribution in [1.82, 2.24) is 5.32 Å². The van der Waals surface area contributed by atoms with Gasteiger partial charge in [0, 0.05) is 17.1 Å². The summed E-state index contributed by atoms with van der Waals surface area (Å²) < 4.78 is 5.41. The Bertz CT molecular complexity index is 568. The van der Waals surface area contributed by atoms with Gasteiger partial charge in [-0.05, 0) is 49.6 Å². The van der Waals surface area contributed by atoms with Crippen LogP contribution in [-0.2, 0) is 6.42 Å². The molecule has 21 heavy (non-hydrogen) atoms. The lowest BCUT2D eigenvalue weighted by Gasteiger charge is -2.21. The van der Waals surface area contributed by atoms with E-state index in [-0.39, 0.29) is 6.04 Å². The Morgan fingerprint density at radius 1 is 1.05 bits per heavy atom. The van der Waals surface area contributed by atoms with Gasteiger partial charge in [0.15, 0.2) is 0 Å². The second kappa shape index (κ2) is 7.48. The van der Waals surface area contributed by atoms with Crippen molar-refractivity contribution in [2.45, 2.75) is 32.4 Å². The molecule has 0 saturated heterocycles. The first-order chi connectivity index (χ1) is 10.1. The Hall–Kier alpha value is -1.51. The third-order valence-electron chi connectivity index (χ3n) is 3.62. The molecule has 0 saturated carbocycles. The largest absolute Gasteiger partial charge is 0.496 e. The van der Waals surface area contributed by atoms with Crippen molar-refractivity contribution >= 4 is 11.6 Å². The summed E-state index contributed by atoms with van der Waals surface area (Å²) in [6, 6.07) is 16.8. The van der Waals surface area contributed by atoms with Crippen molar-refractivity contribution in [2.24, 2.45) is 0 Å². The molecule has 0 aliphatic carbocycles. The summed E-state index contributed by atoms with van der Waals surface area (Å²) in [6.07, 6.45) is 0.932. The van der Waals surface area contributed by atoms with Crippen LogP contribution in [0, 0.1) is 0 Å². The molecular formula is C18H22ClNO. The Morgan fingerprint density at radius 2 is 1.71 bits per heavy atom. The van der Waals surface area contributed by atoms with Crippen LogP contribution in [0.4, 0.5) is 0 Å². The van der Waals surface area contributed by atoms with Gasteiger partial charge in [-0.3, -0.25) is 0 Å². The minimum atomic E-state index is 0.284. The fraction of sp³-hybridized carbons (Fsp3) is 0.333.